The highest BCUT2D eigenvalue weighted by atomic mass is 16.5. The first-order valence-electron chi connectivity index (χ1n) is 9.24. The molecule has 0 aliphatic carbocycles. The van der Waals surface area contributed by atoms with Crippen LogP contribution in [0.3, 0.4) is 0 Å². The standard InChI is InChI=1S/C21H30N2O3/c1-5-26-21(24)18(3)22(12-13-25-4)16-20-10-7-11-23(20)15-19-9-6-8-17(2)14-19/h6-11,14,18H,5,12-13,15-16H2,1-4H3/p+1/t18-/m0/s1. The number of quaternary nitrogens is 1. The summed E-state index contributed by atoms with van der Waals surface area (Å²) in [5, 5.41) is 0. The number of benzene rings is 1. The molecule has 1 aromatic heterocycles. The Kier molecular flexibility index (Phi) is 7.88. The molecule has 0 amide bonds. The number of methoxy groups -OCH3 is 1. The van der Waals surface area contributed by atoms with Crippen molar-refractivity contribution in [1.29, 1.82) is 0 Å². The number of carbonyl (C=O) groups excluding carboxylic acids is 1. The van der Waals surface area contributed by atoms with E-state index in [0.29, 0.717) is 13.2 Å². The van der Waals surface area contributed by atoms with Crippen LogP contribution in [0.25, 0.3) is 0 Å². The SMILES string of the molecule is CCOC(=O)[C@H](C)[NH+](CCOC)Cc1cccn1Cc1cccc(C)c1. The summed E-state index contributed by atoms with van der Waals surface area (Å²) in [7, 11) is 1.69. The molecule has 1 aromatic carbocycles. The molecule has 2 rings (SSSR count). The predicted octanol–water partition coefficient (Wildman–Crippen LogP) is 1.83. The number of esters is 1. The molecule has 0 aliphatic heterocycles. The fourth-order valence-corrected chi connectivity index (χ4v) is 3.13. The highest BCUT2D eigenvalue weighted by Crippen LogP contribution is 2.09. The van der Waals surface area contributed by atoms with Crippen LogP contribution >= 0.6 is 0 Å². The number of aromatic nitrogens is 1. The Balaban J connectivity index is 2.12. The second-order valence-electron chi connectivity index (χ2n) is 6.67. The Bertz CT molecular complexity index is 696. The van der Waals surface area contributed by atoms with Crippen LogP contribution in [-0.2, 0) is 27.4 Å². The Morgan fingerprint density at radius 1 is 1.27 bits per heavy atom. The Labute approximate surface area is 156 Å². The average Bonchev–Trinajstić information content (AvgIpc) is 3.05. The van der Waals surface area contributed by atoms with Crippen molar-refractivity contribution < 1.29 is 19.2 Å². The lowest BCUT2D eigenvalue weighted by Crippen LogP contribution is -3.15. The predicted molar refractivity (Wildman–Crippen MR) is 102 cm³/mol. The molecule has 2 atom stereocenters. The maximum Gasteiger partial charge on any atom is 0.364 e. The van der Waals surface area contributed by atoms with Crippen LogP contribution in [0.15, 0.2) is 42.6 Å². The van der Waals surface area contributed by atoms with Gasteiger partial charge in [-0.15, -0.1) is 0 Å². The summed E-state index contributed by atoms with van der Waals surface area (Å²) in [6.07, 6.45) is 2.10. The summed E-state index contributed by atoms with van der Waals surface area (Å²) in [6, 6.07) is 12.5. The van der Waals surface area contributed by atoms with E-state index >= 15 is 0 Å². The van der Waals surface area contributed by atoms with Gasteiger partial charge in [0.25, 0.3) is 0 Å². The maximum absolute atomic E-state index is 12.2. The molecule has 0 saturated heterocycles. The Morgan fingerprint density at radius 2 is 2.08 bits per heavy atom. The quantitative estimate of drug-likeness (QED) is 0.658. The first-order chi connectivity index (χ1) is 12.5. The number of hydrogen-bond acceptors (Lipinski definition) is 3. The van der Waals surface area contributed by atoms with Crippen LogP contribution in [0.2, 0.25) is 0 Å². The molecule has 1 heterocycles. The van der Waals surface area contributed by atoms with Crippen molar-refractivity contribution in [2.45, 2.75) is 39.9 Å². The third-order valence-electron chi connectivity index (χ3n) is 4.65. The van der Waals surface area contributed by atoms with Gasteiger partial charge in [-0.25, -0.2) is 4.79 Å². The summed E-state index contributed by atoms with van der Waals surface area (Å²) >= 11 is 0. The van der Waals surface area contributed by atoms with Gasteiger partial charge in [-0.05, 0) is 38.5 Å². The molecular formula is C21H31N2O3+. The normalized spacial score (nSPS) is 13.4. The minimum absolute atomic E-state index is 0.157. The summed E-state index contributed by atoms with van der Waals surface area (Å²) in [4.78, 5) is 13.3. The molecule has 1 N–H and O–H groups in total. The fraction of sp³-hybridized carbons (Fsp3) is 0.476. The highest BCUT2D eigenvalue weighted by Gasteiger charge is 2.27. The Morgan fingerprint density at radius 3 is 2.77 bits per heavy atom. The second-order valence-corrected chi connectivity index (χ2v) is 6.67. The molecule has 0 bridgehead atoms. The van der Waals surface area contributed by atoms with E-state index in [1.54, 1.807) is 7.11 Å². The van der Waals surface area contributed by atoms with Crippen LogP contribution in [-0.4, -0.2) is 43.4 Å². The molecule has 0 spiro atoms. The molecule has 5 nitrogen and oxygen atoms in total. The van der Waals surface area contributed by atoms with Crippen molar-refractivity contribution in [3.05, 3.63) is 59.4 Å². The van der Waals surface area contributed by atoms with Gasteiger partial charge in [0, 0.05) is 19.9 Å². The number of nitrogens with zero attached hydrogens (tertiary/aromatic N) is 1. The molecule has 142 valence electrons. The highest BCUT2D eigenvalue weighted by molar-refractivity contribution is 5.73. The summed E-state index contributed by atoms with van der Waals surface area (Å²) in [6.45, 7) is 9.23. The average molecular weight is 359 g/mol. The number of ether oxygens (including phenoxy) is 2. The van der Waals surface area contributed by atoms with Crippen molar-refractivity contribution in [3.8, 4) is 0 Å². The summed E-state index contributed by atoms with van der Waals surface area (Å²) < 4.78 is 12.7. The number of aryl methyl sites for hydroxylation is 1. The smallest absolute Gasteiger partial charge is 0.364 e. The van der Waals surface area contributed by atoms with E-state index in [9.17, 15) is 4.79 Å². The van der Waals surface area contributed by atoms with Gasteiger partial charge in [-0.3, -0.25) is 0 Å². The summed E-state index contributed by atoms with van der Waals surface area (Å²) in [5.41, 5.74) is 3.74. The lowest BCUT2D eigenvalue weighted by molar-refractivity contribution is -0.929. The van der Waals surface area contributed by atoms with Gasteiger partial charge < -0.3 is 18.9 Å². The van der Waals surface area contributed by atoms with Gasteiger partial charge in [0.1, 0.15) is 13.1 Å². The topological polar surface area (TPSA) is 44.9 Å². The monoisotopic (exact) mass is 359 g/mol. The molecule has 0 aliphatic rings. The maximum atomic E-state index is 12.2. The lowest BCUT2D eigenvalue weighted by atomic mass is 10.1. The van der Waals surface area contributed by atoms with Crippen molar-refractivity contribution in [2.24, 2.45) is 0 Å². The van der Waals surface area contributed by atoms with E-state index in [-0.39, 0.29) is 12.0 Å². The summed E-state index contributed by atoms with van der Waals surface area (Å²) in [5.74, 6) is -0.157. The molecule has 0 saturated carbocycles. The van der Waals surface area contributed by atoms with Crippen LogP contribution in [0.1, 0.15) is 30.7 Å². The van der Waals surface area contributed by atoms with Crippen LogP contribution in [0.4, 0.5) is 0 Å². The van der Waals surface area contributed by atoms with Gasteiger partial charge in [0.2, 0.25) is 0 Å². The van der Waals surface area contributed by atoms with Crippen LogP contribution in [0, 0.1) is 6.92 Å². The molecule has 0 fully saturated rings. The first-order valence-corrected chi connectivity index (χ1v) is 9.24. The second kappa shape index (κ2) is 10.1. The van der Waals surface area contributed by atoms with Gasteiger partial charge in [0.05, 0.1) is 18.9 Å². The number of rotatable bonds is 10. The van der Waals surface area contributed by atoms with E-state index in [1.165, 1.54) is 16.8 Å². The first kappa shape index (κ1) is 20.2. The number of hydrogen-bond donors (Lipinski definition) is 1. The largest absolute Gasteiger partial charge is 0.462 e. The minimum Gasteiger partial charge on any atom is -0.462 e. The van der Waals surface area contributed by atoms with Gasteiger partial charge >= 0.3 is 5.97 Å². The van der Waals surface area contributed by atoms with Crippen LogP contribution in [0.5, 0.6) is 0 Å². The van der Waals surface area contributed by atoms with E-state index in [1.807, 2.05) is 13.8 Å². The molecule has 0 radical (unpaired) electrons. The Hall–Kier alpha value is -2.11. The number of nitrogens with one attached hydrogen (secondary N) is 1. The molecule has 1 unspecified atom stereocenters. The zero-order valence-electron chi connectivity index (χ0n) is 16.3. The van der Waals surface area contributed by atoms with Crippen LogP contribution < -0.4 is 4.90 Å². The van der Waals surface area contributed by atoms with Gasteiger partial charge in [0.15, 0.2) is 6.04 Å². The minimum atomic E-state index is -0.229. The zero-order chi connectivity index (χ0) is 18.9. The fourth-order valence-electron chi connectivity index (χ4n) is 3.13. The molecule has 5 heteroatoms. The van der Waals surface area contributed by atoms with E-state index in [2.05, 4.69) is 54.1 Å². The molecule has 26 heavy (non-hydrogen) atoms. The van der Waals surface area contributed by atoms with Gasteiger partial charge in [-0.1, -0.05) is 29.8 Å². The van der Waals surface area contributed by atoms with Crippen molar-refractivity contribution in [1.82, 2.24) is 4.57 Å². The molecule has 2 aromatic rings. The lowest BCUT2D eigenvalue weighted by Gasteiger charge is -2.25. The third-order valence-corrected chi connectivity index (χ3v) is 4.65. The molecular weight excluding hydrogens is 328 g/mol. The van der Waals surface area contributed by atoms with E-state index < -0.39 is 0 Å². The third kappa shape index (κ3) is 5.71. The van der Waals surface area contributed by atoms with Crippen molar-refractivity contribution >= 4 is 5.97 Å². The van der Waals surface area contributed by atoms with Crippen molar-refractivity contribution in [2.75, 3.05) is 26.9 Å². The zero-order valence-corrected chi connectivity index (χ0v) is 16.3. The van der Waals surface area contributed by atoms with Crippen molar-refractivity contribution in [3.63, 3.8) is 0 Å². The van der Waals surface area contributed by atoms with E-state index in [4.69, 9.17) is 9.47 Å². The number of carbonyl (C=O) groups is 1. The van der Waals surface area contributed by atoms with Gasteiger partial charge in [-0.2, -0.15) is 0 Å². The van der Waals surface area contributed by atoms with E-state index in [0.717, 1.165) is 24.5 Å².